The van der Waals surface area contributed by atoms with Gasteiger partial charge in [-0.05, 0) is 20.8 Å². The number of rotatable bonds is 4. The number of aromatic nitrogens is 1. The van der Waals surface area contributed by atoms with Gasteiger partial charge in [-0.3, -0.25) is 4.79 Å². The molecule has 0 bridgehead atoms. The second-order valence-corrected chi connectivity index (χ2v) is 4.75. The Morgan fingerprint density at radius 1 is 1.60 bits per heavy atom. The Bertz CT molecular complexity index is 348. The molecule has 3 N–H and O–H groups in total. The third-order valence-corrected chi connectivity index (χ3v) is 3.34. The molecule has 1 unspecified atom stereocenters. The summed E-state index contributed by atoms with van der Waals surface area (Å²) in [5, 5.41) is 3.93. The molecule has 1 aromatic rings. The van der Waals surface area contributed by atoms with E-state index in [1.165, 1.54) is 0 Å². The summed E-state index contributed by atoms with van der Waals surface area (Å²) in [6.45, 7) is 6.29. The van der Waals surface area contributed by atoms with E-state index in [2.05, 4.69) is 10.3 Å². The predicted molar refractivity (Wildman–Crippen MR) is 61.8 cm³/mol. The zero-order valence-electron chi connectivity index (χ0n) is 9.33. The van der Waals surface area contributed by atoms with Crippen LogP contribution >= 0.6 is 11.3 Å². The summed E-state index contributed by atoms with van der Waals surface area (Å²) in [6.07, 6.45) is 0.376. The van der Waals surface area contributed by atoms with Gasteiger partial charge in [-0.15, -0.1) is 11.3 Å². The molecule has 15 heavy (non-hydrogen) atoms. The number of nitrogens with one attached hydrogen (secondary N) is 1. The molecule has 1 rings (SSSR count). The third-order valence-electron chi connectivity index (χ3n) is 2.08. The third kappa shape index (κ3) is 3.28. The minimum Gasteiger partial charge on any atom is -0.349 e. The van der Waals surface area contributed by atoms with Crippen LogP contribution in [0.3, 0.4) is 0 Å². The molecule has 0 aliphatic rings. The van der Waals surface area contributed by atoms with E-state index < -0.39 is 0 Å². The van der Waals surface area contributed by atoms with Crippen LogP contribution in [0.25, 0.3) is 0 Å². The lowest BCUT2D eigenvalue weighted by molar-refractivity contribution is -0.121. The monoisotopic (exact) mass is 227 g/mol. The largest absolute Gasteiger partial charge is 0.349 e. The zero-order chi connectivity index (χ0) is 11.4. The number of thiazole rings is 1. The highest BCUT2D eigenvalue weighted by atomic mass is 32.1. The number of nitrogens with zero attached hydrogens (tertiary/aromatic N) is 1. The second-order valence-electron chi connectivity index (χ2n) is 3.51. The van der Waals surface area contributed by atoms with Crippen LogP contribution in [0.5, 0.6) is 0 Å². The summed E-state index contributed by atoms with van der Waals surface area (Å²) in [7, 11) is 0. The fourth-order valence-electron chi connectivity index (χ4n) is 1.46. The molecule has 0 aliphatic heterocycles. The zero-order valence-corrected chi connectivity index (χ0v) is 10.1. The second kappa shape index (κ2) is 5.23. The summed E-state index contributed by atoms with van der Waals surface area (Å²) >= 11 is 1.63. The Hall–Kier alpha value is -0.940. The SMILES string of the molecule is Cc1nc(C)c(C(C)NC(=O)CCN)s1. The van der Waals surface area contributed by atoms with Gasteiger partial charge in [-0.25, -0.2) is 4.98 Å². The van der Waals surface area contributed by atoms with Gasteiger partial charge in [0.2, 0.25) is 5.91 Å². The first-order valence-electron chi connectivity index (χ1n) is 4.98. The number of hydrogen-bond donors (Lipinski definition) is 2. The average Bonchev–Trinajstić information content (AvgIpc) is 2.45. The lowest BCUT2D eigenvalue weighted by atomic mass is 10.2. The van der Waals surface area contributed by atoms with Gasteiger partial charge in [0.15, 0.2) is 0 Å². The molecule has 0 radical (unpaired) electrons. The predicted octanol–water partition coefficient (Wildman–Crippen LogP) is 1.29. The van der Waals surface area contributed by atoms with E-state index >= 15 is 0 Å². The fourth-order valence-corrected chi connectivity index (χ4v) is 2.39. The van der Waals surface area contributed by atoms with Crippen LogP contribution in [0.2, 0.25) is 0 Å². The summed E-state index contributed by atoms with van der Waals surface area (Å²) in [6, 6.07) is 0.0234. The molecule has 0 saturated carbocycles. The van der Waals surface area contributed by atoms with Gasteiger partial charge in [0.25, 0.3) is 0 Å². The Kier molecular flexibility index (Phi) is 4.23. The van der Waals surface area contributed by atoms with Crippen molar-refractivity contribution in [3.8, 4) is 0 Å². The molecule has 4 nitrogen and oxygen atoms in total. The molecule has 0 aromatic carbocycles. The van der Waals surface area contributed by atoms with E-state index in [1.807, 2.05) is 20.8 Å². The molecule has 1 atom stereocenters. The smallest absolute Gasteiger partial charge is 0.221 e. The molecule has 5 heteroatoms. The minimum absolute atomic E-state index is 0.00421. The van der Waals surface area contributed by atoms with Crippen LogP contribution in [0, 0.1) is 13.8 Å². The van der Waals surface area contributed by atoms with Crippen molar-refractivity contribution in [2.24, 2.45) is 5.73 Å². The Balaban J connectivity index is 2.64. The molecule has 0 saturated heterocycles. The van der Waals surface area contributed by atoms with Crippen LogP contribution in [-0.4, -0.2) is 17.4 Å². The highest BCUT2D eigenvalue weighted by molar-refractivity contribution is 7.11. The molecular weight excluding hydrogens is 210 g/mol. The normalized spacial score (nSPS) is 12.5. The Morgan fingerprint density at radius 3 is 2.73 bits per heavy atom. The first kappa shape index (κ1) is 12.1. The Morgan fingerprint density at radius 2 is 2.27 bits per heavy atom. The molecule has 1 heterocycles. The first-order chi connectivity index (χ1) is 7.04. The fraction of sp³-hybridized carbons (Fsp3) is 0.600. The molecule has 0 spiro atoms. The quantitative estimate of drug-likeness (QED) is 0.814. The van der Waals surface area contributed by atoms with Crippen molar-refractivity contribution in [1.29, 1.82) is 0 Å². The van der Waals surface area contributed by atoms with Crippen molar-refractivity contribution < 1.29 is 4.79 Å². The summed E-state index contributed by atoms with van der Waals surface area (Å²) < 4.78 is 0. The van der Waals surface area contributed by atoms with Crippen LogP contribution in [-0.2, 0) is 4.79 Å². The lowest BCUT2D eigenvalue weighted by Gasteiger charge is -2.12. The summed E-state index contributed by atoms with van der Waals surface area (Å²) in [5.41, 5.74) is 6.31. The number of carbonyl (C=O) groups excluding carboxylic acids is 1. The van der Waals surface area contributed by atoms with Crippen molar-refractivity contribution in [2.45, 2.75) is 33.2 Å². The van der Waals surface area contributed by atoms with Gasteiger partial charge in [0.1, 0.15) is 0 Å². The van der Waals surface area contributed by atoms with Crippen LogP contribution < -0.4 is 11.1 Å². The molecule has 0 aliphatic carbocycles. The van der Waals surface area contributed by atoms with Crippen molar-refractivity contribution in [3.05, 3.63) is 15.6 Å². The maximum absolute atomic E-state index is 11.3. The number of carbonyl (C=O) groups is 1. The molecular formula is C10H17N3OS. The molecule has 84 valence electrons. The van der Waals surface area contributed by atoms with Gasteiger partial charge < -0.3 is 11.1 Å². The topological polar surface area (TPSA) is 68.0 Å². The van der Waals surface area contributed by atoms with Crippen LogP contribution in [0.15, 0.2) is 0 Å². The maximum atomic E-state index is 11.3. The average molecular weight is 227 g/mol. The summed E-state index contributed by atoms with van der Waals surface area (Å²) in [4.78, 5) is 16.8. The summed E-state index contributed by atoms with van der Waals surface area (Å²) in [5.74, 6) is -0.00421. The number of aryl methyl sites for hydroxylation is 2. The van der Waals surface area contributed by atoms with E-state index in [4.69, 9.17) is 5.73 Å². The minimum atomic E-state index is -0.00421. The number of nitrogens with two attached hydrogens (primary N) is 1. The van der Waals surface area contributed by atoms with E-state index in [0.29, 0.717) is 13.0 Å². The standard InChI is InChI=1S/C10H17N3OS/c1-6-10(15-8(3)12-6)7(2)13-9(14)4-5-11/h7H,4-5,11H2,1-3H3,(H,13,14). The molecule has 1 amide bonds. The van der Waals surface area contributed by atoms with Crippen LogP contribution in [0.4, 0.5) is 0 Å². The van der Waals surface area contributed by atoms with Gasteiger partial charge >= 0.3 is 0 Å². The van der Waals surface area contributed by atoms with Crippen molar-refractivity contribution in [3.63, 3.8) is 0 Å². The van der Waals surface area contributed by atoms with Crippen molar-refractivity contribution >= 4 is 17.2 Å². The van der Waals surface area contributed by atoms with Gasteiger partial charge in [-0.1, -0.05) is 0 Å². The Labute approximate surface area is 93.9 Å². The highest BCUT2D eigenvalue weighted by Crippen LogP contribution is 2.24. The van der Waals surface area contributed by atoms with E-state index in [1.54, 1.807) is 11.3 Å². The molecule has 0 fully saturated rings. The number of amides is 1. The van der Waals surface area contributed by atoms with Gasteiger partial charge in [0, 0.05) is 17.8 Å². The lowest BCUT2D eigenvalue weighted by Crippen LogP contribution is -2.28. The molecule has 1 aromatic heterocycles. The van der Waals surface area contributed by atoms with Gasteiger partial charge in [0.05, 0.1) is 16.7 Å². The maximum Gasteiger partial charge on any atom is 0.221 e. The van der Waals surface area contributed by atoms with Gasteiger partial charge in [-0.2, -0.15) is 0 Å². The number of hydrogen-bond acceptors (Lipinski definition) is 4. The first-order valence-corrected chi connectivity index (χ1v) is 5.79. The van der Waals surface area contributed by atoms with E-state index in [0.717, 1.165) is 15.6 Å². The van der Waals surface area contributed by atoms with E-state index in [9.17, 15) is 4.79 Å². The van der Waals surface area contributed by atoms with Crippen LogP contribution in [0.1, 0.15) is 35.0 Å². The van der Waals surface area contributed by atoms with E-state index in [-0.39, 0.29) is 11.9 Å². The van der Waals surface area contributed by atoms with Crippen molar-refractivity contribution in [1.82, 2.24) is 10.3 Å². The highest BCUT2D eigenvalue weighted by Gasteiger charge is 2.14. The van der Waals surface area contributed by atoms with Crippen molar-refractivity contribution in [2.75, 3.05) is 6.54 Å².